The molecule has 1 saturated heterocycles. The lowest BCUT2D eigenvalue weighted by Gasteiger charge is -2.13. The normalized spacial score (nSPS) is 14.6. The molecule has 0 aliphatic carbocycles. The first kappa shape index (κ1) is 16.5. The summed E-state index contributed by atoms with van der Waals surface area (Å²) in [6.07, 6.45) is 0.754. The number of hydrogen-bond donors (Lipinski definition) is 1. The van der Waals surface area contributed by atoms with E-state index in [1.54, 1.807) is 7.05 Å². The van der Waals surface area contributed by atoms with Crippen LogP contribution < -0.4 is 5.32 Å². The fraction of sp³-hybridized carbons (Fsp3) is 0.400. The molecule has 0 saturated carbocycles. The molecule has 118 valence electrons. The number of rotatable bonds is 6. The van der Waals surface area contributed by atoms with Gasteiger partial charge in [-0.3, -0.25) is 14.5 Å². The SMILES string of the molecule is CN1CC(=O)N(CCCC(=O)NCc2cccc(Br)c2)C1=O. The number of urea groups is 1. The number of amides is 4. The third-order valence-corrected chi connectivity index (χ3v) is 3.89. The lowest BCUT2D eigenvalue weighted by molar-refractivity contribution is -0.126. The zero-order chi connectivity index (χ0) is 16.1. The van der Waals surface area contributed by atoms with E-state index in [4.69, 9.17) is 0 Å². The molecule has 0 aromatic heterocycles. The van der Waals surface area contributed by atoms with Gasteiger partial charge >= 0.3 is 6.03 Å². The zero-order valence-corrected chi connectivity index (χ0v) is 13.9. The first-order valence-corrected chi connectivity index (χ1v) is 7.83. The van der Waals surface area contributed by atoms with Gasteiger partial charge in [0.25, 0.3) is 0 Å². The summed E-state index contributed by atoms with van der Waals surface area (Å²) < 4.78 is 0.967. The number of carbonyl (C=O) groups excluding carboxylic acids is 3. The van der Waals surface area contributed by atoms with Gasteiger partial charge in [0.2, 0.25) is 11.8 Å². The Kier molecular flexibility index (Phi) is 5.54. The minimum atomic E-state index is -0.292. The van der Waals surface area contributed by atoms with E-state index < -0.39 is 0 Å². The average Bonchev–Trinajstić information content (AvgIpc) is 2.71. The van der Waals surface area contributed by atoms with Crippen molar-refractivity contribution < 1.29 is 14.4 Å². The second-order valence-corrected chi connectivity index (χ2v) is 6.11. The van der Waals surface area contributed by atoms with Crippen molar-refractivity contribution in [3.8, 4) is 0 Å². The third-order valence-electron chi connectivity index (χ3n) is 3.40. The highest BCUT2D eigenvalue weighted by Crippen LogP contribution is 2.12. The van der Waals surface area contributed by atoms with E-state index in [-0.39, 0.29) is 37.4 Å². The van der Waals surface area contributed by atoms with E-state index >= 15 is 0 Å². The Balaban J connectivity index is 1.70. The Bertz CT molecular complexity index is 591. The maximum absolute atomic E-state index is 11.8. The van der Waals surface area contributed by atoms with Crippen LogP contribution in [0.3, 0.4) is 0 Å². The number of nitrogens with one attached hydrogen (secondary N) is 1. The molecule has 2 rings (SSSR count). The van der Waals surface area contributed by atoms with Gasteiger partial charge < -0.3 is 10.2 Å². The molecule has 1 aromatic carbocycles. The van der Waals surface area contributed by atoms with Gasteiger partial charge in [-0.15, -0.1) is 0 Å². The number of imide groups is 1. The first-order valence-electron chi connectivity index (χ1n) is 7.04. The molecule has 0 atom stereocenters. The molecular weight excluding hydrogens is 350 g/mol. The fourth-order valence-corrected chi connectivity index (χ4v) is 2.67. The van der Waals surface area contributed by atoms with Gasteiger partial charge in [-0.2, -0.15) is 0 Å². The maximum Gasteiger partial charge on any atom is 0.326 e. The summed E-state index contributed by atoms with van der Waals surface area (Å²) in [6, 6.07) is 7.42. The van der Waals surface area contributed by atoms with Gasteiger partial charge in [0.15, 0.2) is 0 Å². The second-order valence-electron chi connectivity index (χ2n) is 5.19. The second kappa shape index (κ2) is 7.40. The van der Waals surface area contributed by atoms with Crippen molar-refractivity contribution in [3.63, 3.8) is 0 Å². The van der Waals surface area contributed by atoms with Crippen molar-refractivity contribution in [1.29, 1.82) is 0 Å². The third kappa shape index (κ3) is 4.30. The Hall–Kier alpha value is -1.89. The predicted octanol–water partition coefficient (Wildman–Crippen LogP) is 1.74. The van der Waals surface area contributed by atoms with Crippen LogP contribution in [0.4, 0.5) is 4.79 Å². The summed E-state index contributed by atoms with van der Waals surface area (Å²) in [5, 5.41) is 2.82. The lowest BCUT2D eigenvalue weighted by Crippen LogP contribution is -2.33. The monoisotopic (exact) mass is 367 g/mol. The van der Waals surface area contributed by atoms with Crippen LogP contribution in [-0.2, 0) is 16.1 Å². The van der Waals surface area contributed by atoms with Crippen LogP contribution in [0.1, 0.15) is 18.4 Å². The predicted molar refractivity (Wildman–Crippen MR) is 85.0 cm³/mol. The average molecular weight is 368 g/mol. The Morgan fingerprint density at radius 3 is 2.77 bits per heavy atom. The smallest absolute Gasteiger partial charge is 0.326 e. The molecule has 0 spiro atoms. The van der Waals surface area contributed by atoms with Crippen molar-refractivity contribution >= 4 is 33.8 Å². The summed E-state index contributed by atoms with van der Waals surface area (Å²) in [4.78, 5) is 37.6. The number of hydrogen-bond acceptors (Lipinski definition) is 3. The summed E-state index contributed by atoms with van der Waals surface area (Å²) in [5.41, 5.74) is 1.01. The van der Waals surface area contributed by atoms with Crippen LogP contribution in [0.5, 0.6) is 0 Å². The van der Waals surface area contributed by atoms with Gasteiger partial charge in [0, 0.05) is 31.0 Å². The van der Waals surface area contributed by atoms with Crippen molar-refractivity contribution in [1.82, 2.24) is 15.1 Å². The molecule has 0 unspecified atom stereocenters. The molecule has 7 heteroatoms. The molecule has 0 bridgehead atoms. The molecule has 1 aliphatic heterocycles. The quantitative estimate of drug-likeness (QED) is 0.778. The van der Waals surface area contributed by atoms with E-state index in [9.17, 15) is 14.4 Å². The molecule has 22 heavy (non-hydrogen) atoms. The molecule has 6 nitrogen and oxygen atoms in total. The Morgan fingerprint density at radius 2 is 2.14 bits per heavy atom. The summed E-state index contributed by atoms with van der Waals surface area (Å²) in [7, 11) is 1.59. The summed E-state index contributed by atoms with van der Waals surface area (Å²) >= 11 is 3.38. The van der Waals surface area contributed by atoms with Crippen LogP contribution in [0, 0.1) is 0 Å². The van der Waals surface area contributed by atoms with Crippen molar-refractivity contribution in [2.24, 2.45) is 0 Å². The van der Waals surface area contributed by atoms with Gasteiger partial charge in [-0.1, -0.05) is 28.1 Å². The minimum Gasteiger partial charge on any atom is -0.352 e. The van der Waals surface area contributed by atoms with Gasteiger partial charge in [-0.05, 0) is 24.1 Å². The van der Waals surface area contributed by atoms with E-state index in [0.29, 0.717) is 13.0 Å². The first-order chi connectivity index (χ1) is 10.5. The van der Waals surface area contributed by atoms with Crippen LogP contribution in [-0.4, -0.2) is 47.8 Å². The number of benzene rings is 1. The van der Waals surface area contributed by atoms with Gasteiger partial charge in [0.1, 0.15) is 6.54 Å². The van der Waals surface area contributed by atoms with Crippen molar-refractivity contribution in [2.45, 2.75) is 19.4 Å². The molecule has 1 fully saturated rings. The summed E-state index contributed by atoms with van der Waals surface area (Å²) in [5.74, 6) is -0.297. The molecule has 1 heterocycles. The lowest BCUT2D eigenvalue weighted by atomic mass is 10.2. The highest BCUT2D eigenvalue weighted by molar-refractivity contribution is 9.10. The van der Waals surface area contributed by atoms with E-state index in [0.717, 1.165) is 10.0 Å². The van der Waals surface area contributed by atoms with Gasteiger partial charge in [-0.25, -0.2) is 4.79 Å². The number of carbonyl (C=O) groups is 3. The van der Waals surface area contributed by atoms with E-state index in [2.05, 4.69) is 21.2 Å². The van der Waals surface area contributed by atoms with Gasteiger partial charge in [0.05, 0.1) is 0 Å². The fourth-order valence-electron chi connectivity index (χ4n) is 2.22. The highest BCUT2D eigenvalue weighted by atomic mass is 79.9. The standard InChI is InChI=1S/C15H18BrN3O3/c1-18-10-14(21)19(15(18)22)7-3-6-13(20)17-9-11-4-2-5-12(16)8-11/h2,4-5,8H,3,6-7,9-10H2,1H3,(H,17,20). The number of likely N-dealkylation sites (N-methyl/N-ethyl adjacent to an activating group) is 1. The molecule has 1 aliphatic rings. The van der Waals surface area contributed by atoms with E-state index in [1.807, 2.05) is 24.3 Å². The number of halogens is 1. The van der Waals surface area contributed by atoms with Crippen molar-refractivity contribution in [2.75, 3.05) is 20.1 Å². The molecule has 1 aromatic rings. The zero-order valence-electron chi connectivity index (χ0n) is 12.3. The van der Waals surface area contributed by atoms with Crippen LogP contribution in [0.2, 0.25) is 0 Å². The maximum atomic E-state index is 11.8. The minimum absolute atomic E-state index is 0.0903. The molecule has 0 radical (unpaired) electrons. The molecule has 1 N–H and O–H groups in total. The topological polar surface area (TPSA) is 69.7 Å². The molecular formula is C15H18BrN3O3. The van der Waals surface area contributed by atoms with Crippen molar-refractivity contribution in [3.05, 3.63) is 34.3 Å². The summed E-state index contributed by atoms with van der Waals surface area (Å²) in [6.45, 7) is 0.864. The number of nitrogens with zero attached hydrogens (tertiary/aromatic N) is 2. The Labute approximate surface area is 137 Å². The van der Waals surface area contributed by atoms with Crippen LogP contribution in [0.25, 0.3) is 0 Å². The van der Waals surface area contributed by atoms with Crippen LogP contribution >= 0.6 is 15.9 Å². The largest absolute Gasteiger partial charge is 0.352 e. The highest BCUT2D eigenvalue weighted by Gasteiger charge is 2.32. The van der Waals surface area contributed by atoms with E-state index in [1.165, 1.54) is 9.80 Å². The molecule has 4 amide bonds. The van der Waals surface area contributed by atoms with Crippen LogP contribution in [0.15, 0.2) is 28.7 Å². The Morgan fingerprint density at radius 1 is 1.36 bits per heavy atom.